The molecular weight excluding hydrogens is 304 g/mol. The number of ether oxygens (including phenoxy) is 1. The van der Waals surface area contributed by atoms with Gasteiger partial charge in [-0.2, -0.15) is 0 Å². The molecule has 2 aromatic heterocycles. The minimum atomic E-state index is 0.721. The normalized spacial score (nSPS) is 11.3. The molecule has 0 unspecified atom stereocenters. The summed E-state index contributed by atoms with van der Waals surface area (Å²) in [5, 5.41) is 0.721. The van der Waals surface area contributed by atoms with Crippen LogP contribution in [0.2, 0.25) is 5.02 Å². The SMILES string of the molecule is COc1ccc2c(c1)sc1nc(-c3cccc(Cl)c3)cn12. The smallest absolute Gasteiger partial charge is 0.195 e. The molecule has 4 rings (SSSR count). The van der Waals surface area contributed by atoms with E-state index in [1.165, 1.54) is 0 Å². The van der Waals surface area contributed by atoms with Gasteiger partial charge in [0.1, 0.15) is 5.75 Å². The van der Waals surface area contributed by atoms with Crippen LogP contribution in [0.15, 0.2) is 48.7 Å². The summed E-state index contributed by atoms with van der Waals surface area (Å²) in [5.41, 5.74) is 3.10. The number of methoxy groups -OCH3 is 1. The molecular formula is C16H11ClN2OS. The number of hydrogen-bond acceptors (Lipinski definition) is 3. The second-order valence-corrected chi connectivity index (χ2v) is 6.17. The summed E-state index contributed by atoms with van der Waals surface area (Å²) in [6.45, 7) is 0. The van der Waals surface area contributed by atoms with Gasteiger partial charge in [-0.25, -0.2) is 4.98 Å². The Bertz CT molecular complexity index is 957. The van der Waals surface area contributed by atoms with Gasteiger partial charge in [0.05, 0.1) is 23.0 Å². The van der Waals surface area contributed by atoms with Crippen LogP contribution in [0.5, 0.6) is 5.75 Å². The molecule has 0 atom stereocenters. The minimum Gasteiger partial charge on any atom is -0.497 e. The van der Waals surface area contributed by atoms with E-state index in [0.29, 0.717) is 0 Å². The van der Waals surface area contributed by atoms with Crippen LogP contribution in [-0.4, -0.2) is 16.5 Å². The van der Waals surface area contributed by atoms with Crippen molar-refractivity contribution in [3.63, 3.8) is 0 Å². The van der Waals surface area contributed by atoms with E-state index in [1.807, 2.05) is 42.6 Å². The first kappa shape index (κ1) is 12.7. The fraction of sp³-hybridized carbons (Fsp3) is 0.0625. The van der Waals surface area contributed by atoms with E-state index in [0.717, 1.165) is 37.2 Å². The minimum absolute atomic E-state index is 0.721. The molecule has 2 heterocycles. The third-order valence-electron chi connectivity index (χ3n) is 3.42. The van der Waals surface area contributed by atoms with Gasteiger partial charge in [0.15, 0.2) is 4.96 Å². The van der Waals surface area contributed by atoms with E-state index in [1.54, 1.807) is 18.4 Å². The first-order chi connectivity index (χ1) is 10.2. The third kappa shape index (κ3) is 2.07. The van der Waals surface area contributed by atoms with Gasteiger partial charge in [0.25, 0.3) is 0 Å². The van der Waals surface area contributed by atoms with Crippen LogP contribution in [0, 0.1) is 0 Å². The molecule has 0 radical (unpaired) electrons. The molecule has 2 aromatic carbocycles. The molecule has 0 N–H and O–H groups in total. The lowest BCUT2D eigenvalue weighted by atomic mass is 10.2. The number of thiazole rings is 1. The lowest BCUT2D eigenvalue weighted by Gasteiger charge is -1.99. The Labute approximate surface area is 130 Å². The molecule has 4 aromatic rings. The second-order valence-electron chi connectivity index (χ2n) is 4.72. The van der Waals surface area contributed by atoms with Gasteiger partial charge in [0, 0.05) is 16.8 Å². The molecule has 0 saturated carbocycles. The number of rotatable bonds is 2. The molecule has 0 aliphatic rings. The Hall–Kier alpha value is -2.04. The Kier molecular flexibility index (Phi) is 2.87. The summed E-state index contributed by atoms with van der Waals surface area (Å²) < 4.78 is 8.53. The van der Waals surface area contributed by atoms with Gasteiger partial charge in [-0.3, -0.25) is 4.40 Å². The van der Waals surface area contributed by atoms with Crippen molar-refractivity contribution in [3.05, 3.63) is 53.7 Å². The molecule has 3 nitrogen and oxygen atoms in total. The number of fused-ring (bicyclic) bond motifs is 3. The molecule has 0 aliphatic heterocycles. The largest absolute Gasteiger partial charge is 0.497 e. The summed E-state index contributed by atoms with van der Waals surface area (Å²) in [6.07, 6.45) is 2.05. The number of imidazole rings is 1. The summed E-state index contributed by atoms with van der Waals surface area (Å²) in [5.74, 6) is 0.863. The highest BCUT2D eigenvalue weighted by molar-refractivity contribution is 7.23. The fourth-order valence-corrected chi connectivity index (χ4v) is 3.62. The monoisotopic (exact) mass is 314 g/mol. The Balaban J connectivity index is 1.91. The second kappa shape index (κ2) is 4.76. The van der Waals surface area contributed by atoms with Gasteiger partial charge in [-0.1, -0.05) is 35.1 Å². The maximum absolute atomic E-state index is 6.05. The molecule has 0 amide bonds. The summed E-state index contributed by atoms with van der Waals surface area (Å²) >= 11 is 7.70. The van der Waals surface area contributed by atoms with Crippen molar-refractivity contribution in [2.24, 2.45) is 0 Å². The maximum Gasteiger partial charge on any atom is 0.195 e. The molecule has 104 valence electrons. The van der Waals surface area contributed by atoms with E-state index >= 15 is 0 Å². The van der Waals surface area contributed by atoms with Crippen molar-refractivity contribution in [2.75, 3.05) is 7.11 Å². The van der Waals surface area contributed by atoms with Crippen molar-refractivity contribution in [3.8, 4) is 17.0 Å². The summed E-state index contributed by atoms with van der Waals surface area (Å²) in [7, 11) is 1.68. The molecule has 0 spiro atoms. The topological polar surface area (TPSA) is 26.5 Å². The van der Waals surface area contributed by atoms with Crippen molar-refractivity contribution >= 4 is 38.1 Å². The molecule has 21 heavy (non-hydrogen) atoms. The molecule has 0 bridgehead atoms. The number of hydrogen-bond donors (Lipinski definition) is 0. The van der Waals surface area contributed by atoms with Crippen LogP contribution >= 0.6 is 22.9 Å². The van der Waals surface area contributed by atoms with Crippen molar-refractivity contribution in [1.29, 1.82) is 0 Å². The zero-order chi connectivity index (χ0) is 14.4. The third-order valence-corrected chi connectivity index (χ3v) is 4.67. The van der Waals surface area contributed by atoms with Gasteiger partial charge < -0.3 is 4.74 Å². The first-order valence-corrected chi connectivity index (χ1v) is 7.65. The van der Waals surface area contributed by atoms with Gasteiger partial charge >= 0.3 is 0 Å². The number of aromatic nitrogens is 2. The Morgan fingerprint density at radius 2 is 2.10 bits per heavy atom. The fourth-order valence-electron chi connectivity index (χ4n) is 2.40. The van der Waals surface area contributed by atoms with Crippen molar-refractivity contribution < 1.29 is 4.74 Å². The highest BCUT2D eigenvalue weighted by Crippen LogP contribution is 2.32. The van der Waals surface area contributed by atoms with E-state index in [-0.39, 0.29) is 0 Å². The standard InChI is InChI=1S/C16H11ClN2OS/c1-20-12-5-6-14-15(8-12)21-16-18-13(9-19(14)16)10-3-2-4-11(17)7-10/h2-9H,1H3. The van der Waals surface area contributed by atoms with Crippen LogP contribution in [0.4, 0.5) is 0 Å². The van der Waals surface area contributed by atoms with E-state index in [2.05, 4.69) is 10.5 Å². The Morgan fingerprint density at radius 3 is 2.90 bits per heavy atom. The summed E-state index contributed by atoms with van der Waals surface area (Å²) in [4.78, 5) is 5.66. The first-order valence-electron chi connectivity index (χ1n) is 6.46. The lowest BCUT2D eigenvalue weighted by molar-refractivity contribution is 0.415. The highest BCUT2D eigenvalue weighted by atomic mass is 35.5. The zero-order valence-electron chi connectivity index (χ0n) is 11.2. The average Bonchev–Trinajstić information content (AvgIpc) is 3.04. The van der Waals surface area contributed by atoms with Crippen LogP contribution in [0.25, 0.3) is 26.4 Å². The molecule has 0 aliphatic carbocycles. The Morgan fingerprint density at radius 1 is 1.19 bits per heavy atom. The highest BCUT2D eigenvalue weighted by Gasteiger charge is 2.11. The molecule has 0 fully saturated rings. The van der Waals surface area contributed by atoms with Gasteiger partial charge in [0.2, 0.25) is 0 Å². The van der Waals surface area contributed by atoms with Crippen molar-refractivity contribution in [2.45, 2.75) is 0 Å². The number of benzene rings is 2. The average molecular weight is 315 g/mol. The predicted octanol–water partition coefficient (Wildman–Crippen LogP) is 4.88. The summed E-state index contributed by atoms with van der Waals surface area (Å²) in [6, 6.07) is 13.8. The maximum atomic E-state index is 6.05. The quantitative estimate of drug-likeness (QED) is 0.527. The van der Waals surface area contributed by atoms with Gasteiger partial charge in [-0.05, 0) is 30.3 Å². The van der Waals surface area contributed by atoms with E-state index in [9.17, 15) is 0 Å². The van der Waals surface area contributed by atoms with E-state index in [4.69, 9.17) is 21.3 Å². The van der Waals surface area contributed by atoms with Crippen LogP contribution < -0.4 is 4.74 Å². The number of halogens is 1. The van der Waals surface area contributed by atoms with Crippen molar-refractivity contribution in [1.82, 2.24) is 9.38 Å². The van der Waals surface area contributed by atoms with E-state index < -0.39 is 0 Å². The molecule has 5 heteroatoms. The predicted molar refractivity (Wildman–Crippen MR) is 87.6 cm³/mol. The van der Waals surface area contributed by atoms with Crippen LogP contribution in [-0.2, 0) is 0 Å². The zero-order valence-corrected chi connectivity index (χ0v) is 12.8. The van der Waals surface area contributed by atoms with Crippen LogP contribution in [0.3, 0.4) is 0 Å². The number of nitrogens with zero attached hydrogens (tertiary/aromatic N) is 2. The van der Waals surface area contributed by atoms with Crippen LogP contribution in [0.1, 0.15) is 0 Å². The lowest BCUT2D eigenvalue weighted by Crippen LogP contribution is -1.82. The molecule has 0 saturated heterocycles. The van der Waals surface area contributed by atoms with Gasteiger partial charge in [-0.15, -0.1) is 0 Å².